The molecule has 1 N–H and O–H groups in total. The van der Waals surface area contributed by atoms with Gasteiger partial charge in [-0.2, -0.15) is 0 Å². The molecule has 1 heterocycles. The van der Waals surface area contributed by atoms with Gasteiger partial charge in [-0.15, -0.1) is 0 Å². The molecule has 1 fully saturated rings. The molecular weight excluding hydrogens is 292 g/mol. The van der Waals surface area contributed by atoms with Crippen LogP contribution in [-0.2, 0) is 16.1 Å². The van der Waals surface area contributed by atoms with Gasteiger partial charge < -0.3 is 15.0 Å². The van der Waals surface area contributed by atoms with Crippen LogP contribution in [0.3, 0.4) is 0 Å². The highest BCUT2D eigenvalue weighted by Crippen LogP contribution is 2.19. The summed E-state index contributed by atoms with van der Waals surface area (Å²) in [7, 11) is 0. The lowest BCUT2D eigenvalue weighted by atomic mass is 10.0. The van der Waals surface area contributed by atoms with Crippen LogP contribution in [-0.4, -0.2) is 35.5 Å². The molecule has 0 spiro atoms. The molecule has 1 saturated heterocycles. The van der Waals surface area contributed by atoms with Crippen molar-refractivity contribution in [2.24, 2.45) is 5.92 Å². The number of hydrogen-bond acceptors (Lipinski definition) is 3. The molecule has 1 aromatic rings. The molecule has 1 aliphatic rings. The minimum absolute atomic E-state index is 0.0124. The second-order valence-corrected chi connectivity index (χ2v) is 6.45. The number of hydrogen-bond donors (Lipinski definition) is 1. The summed E-state index contributed by atoms with van der Waals surface area (Å²) < 4.78 is 5.23. The molecule has 0 aromatic heterocycles. The van der Waals surface area contributed by atoms with Gasteiger partial charge in [0.05, 0.1) is 0 Å². The first-order valence-corrected chi connectivity index (χ1v) is 8.26. The van der Waals surface area contributed by atoms with Crippen molar-refractivity contribution in [3.8, 4) is 0 Å². The zero-order chi connectivity index (χ0) is 16.8. The Hall–Kier alpha value is -2.04. The maximum absolute atomic E-state index is 12.7. The summed E-state index contributed by atoms with van der Waals surface area (Å²) in [6.07, 6.45) is 1.50. The lowest BCUT2D eigenvalue weighted by Crippen LogP contribution is -2.52. The first kappa shape index (κ1) is 17.3. The highest BCUT2D eigenvalue weighted by atomic mass is 16.5. The van der Waals surface area contributed by atoms with Crippen molar-refractivity contribution in [1.82, 2.24) is 10.2 Å². The number of carbonyl (C=O) groups excluding carboxylic acids is 2. The topological polar surface area (TPSA) is 58.6 Å². The molecule has 2 amide bonds. The summed E-state index contributed by atoms with van der Waals surface area (Å²) in [5.41, 5.74) is 0.920. The Balaban J connectivity index is 1.90. The van der Waals surface area contributed by atoms with Crippen molar-refractivity contribution in [1.29, 1.82) is 0 Å². The fourth-order valence-electron chi connectivity index (χ4n) is 2.84. The number of nitrogens with zero attached hydrogens (tertiary/aromatic N) is 1. The molecule has 1 aliphatic heterocycles. The molecule has 5 heteroatoms. The molecule has 2 rings (SSSR count). The molecule has 2 atom stereocenters. The van der Waals surface area contributed by atoms with Crippen LogP contribution in [0.5, 0.6) is 0 Å². The molecule has 0 radical (unpaired) electrons. The summed E-state index contributed by atoms with van der Waals surface area (Å²) in [5.74, 6) is 0.00114. The highest BCUT2D eigenvalue weighted by molar-refractivity contribution is 5.86. The number of ether oxygens (including phenoxy) is 1. The van der Waals surface area contributed by atoms with E-state index in [9.17, 15) is 9.59 Å². The second kappa shape index (κ2) is 7.99. The number of likely N-dealkylation sites (tertiary alicyclic amines) is 1. The number of alkyl carbamates (subject to hydrolysis) is 1. The molecule has 0 saturated carbocycles. The van der Waals surface area contributed by atoms with Crippen LogP contribution in [0.4, 0.5) is 4.79 Å². The highest BCUT2D eigenvalue weighted by Gasteiger charge is 2.33. The molecule has 0 bridgehead atoms. The van der Waals surface area contributed by atoms with Crippen LogP contribution in [0.1, 0.15) is 39.2 Å². The number of benzene rings is 1. The number of nitrogens with one attached hydrogen (secondary N) is 1. The Morgan fingerprint density at radius 2 is 2.00 bits per heavy atom. The van der Waals surface area contributed by atoms with E-state index in [0.29, 0.717) is 0 Å². The SMILES string of the molecule is CC(C)C(NC(=O)OCc1ccccc1)C(=O)N1CCC[C@H]1C. The maximum Gasteiger partial charge on any atom is 0.408 e. The van der Waals surface area contributed by atoms with Crippen LogP contribution < -0.4 is 5.32 Å². The van der Waals surface area contributed by atoms with Crippen LogP contribution in [0, 0.1) is 5.92 Å². The van der Waals surface area contributed by atoms with Crippen molar-refractivity contribution in [2.75, 3.05) is 6.54 Å². The van der Waals surface area contributed by atoms with Crippen LogP contribution in [0.2, 0.25) is 0 Å². The summed E-state index contributed by atoms with van der Waals surface area (Å²) in [6.45, 7) is 6.88. The van der Waals surface area contributed by atoms with E-state index in [2.05, 4.69) is 12.2 Å². The summed E-state index contributed by atoms with van der Waals surface area (Å²) in [4.78, 5) is 26.6. The second-order valence-electron chi connectivity index (χ2n) is 6.45. The fourth-order valence-corrected chi connectivity index (χ4v) is 2.84. The van der Waals surface area contributed by atoms with E-state index in [0.717, 1.165) is 24.9 Å². The Labute approximate surface area is 138 Å². The van der Waals surface area contributed by atoms with Gasteiger partial charge in [-0.3, -0.25) is 4.79 Å². The van der Waals surface area contributed by atoms with E-state index < -0.39 is 12.1 Å². The summed E-state index contributed by atoms with van der Waals surface area (Å²) >= 11 is 0. The lowest BCUT2D eigenvalue weighted by molar-refractivity contribution is -0.135. The van der Waals surface area contributed by atoms with Gasteiger partial charge in [0.1, 0.15) is 12.6 Å². The van der Waals surface area contributed by atoms with Gasteiger partial charge in [0.15, 0.2) is 0 Å². The first-order valence-electron chi connectivity index (χ1n) is 8.26. The fraction of sp³-hybridized carbons (Fsp3) is 0.556. The molecule has 23 heavy (non-hydrogen) atoms. The van der Waals surface area contributed by atoms with Gasteiger partial charge >= 0.3 is 6.09 Å². The van der Waals surface area contributed by atoms with E-state index in [1.807, 2.05) is 49.1 Å². The molecular formula is C18H26N2O3. The Kier molecular flexibility index (Phi) is 6.02. The molecule has 5 nitrogen and oxygen atoms in total. The van der Waals surface area contributed by atoms with E-state index in [1.54, 1.807) is 0 Å². The standard InChI is InChI=1S/C18H26N2O3/c1-13(2)16(17(21)20-11-7-8-14(20)3)19-18(22)23-12-15-9-5-4-6-10-15/h4-6,9-10,13-14,16H,7-8,11-12H2,1-3H3,(H,19,22)/t14-,16?/m1/s1. The average molecular weight is 318 g/mol. The van der Waals surface area contributed by atoms with Gasteiger partial charge in [0, 0.05) is 12.6 Å². The van der Waals surface area contributed by atoms with E-state index in [-0.39, 0.29) is 24.5 Å². The van der Waals surface area contributed by atoms with E-state index in [1.165, 1.54) is 0 Å². The van der Waals surface area contributed by atoms with Crippen molar-refractivity contribution < 1.29 is 14.3 Å². The molecule has 126 valence electrons. The van der Waals surface area contributed by atoms with Crippen LogP contribution >= 0.6 is 0 Å². The van der Waals surface area contributed by atoms with Crippen molar-refractivity contribution in [2.45, 2.75) is 52.3 Å². The molecule has 0 aliphatic carbocycles. The average Bonchev–Trinajstić information content (AvgIpc) is 2.97. The third kappa shape index (κ3) is 4.71. The van der Waals surface area contributed by atoms with Crippen LogP contribution in [0.15, 0.2) is 30.3 Å². The monoisotopic (exact) mass is 318 g/mol. The smallest absolute Gasteiger partial charge is 0.408 e. The van der Waals surface area contributed by atoms with Crippen molar-refractivity contribution >= 4 is 12.0 Å². The van der Waals surface area contributed by atoms with Crippen LogP contribution in [0.25, 0.3) is 0 Å². The quantitative estimate of drug-likeness (QED) is 0.908. The summed E-state index contributed by atoms with van der Waals surface area (Å²) in [6, 6.07) is 9.19. The number of carbonyl (C=O) groups is 2. The Morgan fingerprint density at radius 3 is 2.57 bits per heavy atom. The third-order valence-electron chi connectivity index (χ3n) is 4.25. The van der Waals surface area contributed by atoms with Gasteiger partial charge in [-0.25, -0.2) is 4.79 Å². The Bertz CT molecular complexity index is 530. The summed E-state index contributed by atoms with van der Waals surface area (Å²) in [5, 5.41) is 2.73. The van der Waals surface area contributed by atoms with Gasteiger partial charge in [-0.1, -0.05) is 44.2 Å². The maximum atomic E-state index is 12.7. The zero-order valence-electron chi connectivity index (χ0n) is 14.1. The first-order chi connectivity index (χ1) is 11.0. The predicted molar refractivity (Wildman–Crippen MR) is 88.8 cm³/mol. The molecule has 1 unspecified atom stereocenters. The van der Waals surface area contributed by atoms with Crippen molar-refractivity contribution in [3.63, 3.8) is 0 Å². The Morgan fingerprint density at radius 1 is 1.30 bits per heavy atom. The molecule has 1 aromatic carbocycles. The number of amides is 2. The van der Waals surface area contributed by atoms with Gasteiger partial charge in [0.2, 0.25) is 5.91 Å². The number of rotatable bonds is 5. The van der Waals surface area contributed by atoms with Crippen molar-refractivity contribution in [3.05, 3.63) is 35.9 Å². The van der Waals surface area contributed by atoms with Gasteiger partial charge in [0.25, 0.3) is 0 Å². The minimum Gasteiger partial charge on any atom is -0.445 e. The third-order valence-corrected chi connectivity index (χ3v) is 4.25. The normalized spacial score (nSPS) is 18.8. The predicted octanol–water partition coefficient (Wildman–Crippen LogP) is 2.95. The largest absolute Gasteiger partial charge is 0.445 e. The van der Waals surface area contributed by atoms with E-state index in [4.69, 9.17) is 4.74 Å². The van der Waals surface area contributed by atoms with E-state index >= 15 is 0 Å². The zero-order valence-corrected chi connectivity index (χ0v) is 14.1. The minimum atomic E-state index is -0.548. The van der Waals surface area contributed by atoms with Gasteiger partial charge in [-0.05, 0) is 31.2 Å². The lowest BCUT2D eigenvalue weighted by Gasteiger charge is -2.29.